The van der Waals surface area contributed by atoms with Crippen LogP contribution in [0.2, 0.25) is 0 Å². The van der Waals surface area contributed by atoms with Crippen LogP contribution in [0.5, 0.6) is 0 Å². The number of amides is 1. The minimum Gasteiger partial charge on any atom is -0.459 e. The Morgan fingerprint density at radius 1 is 1.29 bits per heavy atom. The monoisotopic (exact) mass is 442 g/mol. The molecule has 3 saturated heterocycles. The van der Waals surface area contributed by atoms with Crippen molar-refractivity contribution >= 4 is 38.4 Å². The van der Waals surface area contributed by atoms with Crippen molar-refractivity contribution in [2.24, 2.45) is 5.41 Å². The largest absolute Gasteiger partial charge is 0.459 e. The first-order valence-electron chi connectivity index (χ1n) is 11.2. The summed E-state index contributed by atoms with van der Waals surface area (Å²) in [5, 5.41) is 1.39. The summed E-state index contributed by atoms with van der Waals surface area (Å²) >= 11 is 1.37. The Morgan fingerprint density at radius 2 is 2.06 bits per heavy atom. The smallest absolute Gasteiger partial charge is 0.314 e. The van der Waals surface area contributed by atoms with Crippen LogP contribution in [0.4, 0.5) is 5.00 Å². The molecule has 1 atom stereocenters. The predicted molar refractivity (Wildman–Crippen MR) is 121 cm³/mol. The molecule has 5 heterocycles. The maximum Gasteiger partial charge on any atom is 0.314 e. The van der Waals surface area contributed by atoms with Gasteiger partial charge in [-0.05, 0) is 58.2 Å². The van der Waals surface area contributed by atoms with Gasteiger partial charge >= 0.3 is 5.97 Å². The van der Waals surface area contributed by atoms with Crippen LogP contribution < -0.4 is 5.73 Å². The zero-order valence-corrected chi connectivity index (χ0v) is 19.0. The molecule has 3 fully saturated rings. The Kier molecular flexibility index (Phi) is 4.97. The number of hydrogen-bond donors (Lipinski definition) is 1. The molecule has 2 aromatic rings. The average molecular weight is 443 g/mol. The van der Waals surface area contributed by atoms with Gasteiger partial charge in [-0.2, -0.15) is 0 Å². The lowest BCUT2D eigenvalue weighted by atomic mass is 9.74. The Labute approximate surface area is 186 Å². The van der Waals surface area contributed by atoms with Crippen LogP contribution in [0.25, 0.3) is 10.2 Å². The van der Waals surface area contributed by atoms with E-state index in [0.717, 1.165) is 55.4 Å². The van der Waals surface area contributed by atoms with Gasteiger partial charge in [0.05, 0.1) is 11.0 Å². The summed E-state index contributed by atoms with van der Waals surface area (Å²) in [5.74, 6) is -0.0188. The highest BCUT2D eigenvalue weighted by Crippen LogP contribution is 2.46. The fourth-order valence-electron chi connectivity index (χ4n) is 5.84. The van der Waals surface area contributed by atoms with Gasteiger partial charge in [0, 0.05) is 43.7 Å². The fourth-order valence-corrected chi connectivity index (χ4v) is 6.74. The van der Waals surface area contributed by atoms with Crippen molar-refractivity contribution in [3.8, 4) is 0 Å². The first kappa shape index (κ1) is 20.7. The number of pyridine rings is 1. The Bertz CT molecular complexity index is 1030. The molecule has 0 aromatic carbocycles. The van der Waals surface area contributed by atoms with Crippen LogP contribution in [0, 0.1) is 5.41 Å². The predicted octanol–water partition coefficient (Wildman–Crippen LogP) is 3.29. The molecule has 1 unspecified atom stereocenters. The second-order valence-corrected chi connectivity index (χ2v) is 10.9. The number of rotatable bonds is 2. The number of ether oxygens (including phenoxy) is 1. The summed E-state index contributed by atoms with van der Waals surface area (Å²) in [7, 11) is 0. The first-order valence-corrected chi connectivity index (χ1v) is 12.0. The van der Waals surface area contributed by atoms with Gasteiger partial charge in [-0.15, -0.1) is 0 Å². The SMILES string of the molecule is CC1(C)CC2(CCCN(C3CCN(C(=O)c4c(N)sc5ncccc45)CC3)C2)C(=O)O1. The molecule has 0 radical (unpaired) electrons. The van der Waals surface area contributed by atoms with Gasteiger partial charge in [-0.25, -0.2) is 4.98 Å². The normalized spacial score (nSPS) is 27.2. The van der Waals surface area contributed by atoms with E-state index in [1.165, 1.54) is 11.3 Å². The van der Waals surface area contributed by atoms with E-state index >= 15 is 0 Å². The number of aromatic nitrogens is 1. The maximum atomic E-state index is 13.2. The van der Waals surface area contributed by atoms with Gasteiger partial charge < -0.3 is 15.4 Å². The fraction of sp³-hybridized carbons (Fsp3) is 0.609. The van der Waals surface area contributed by atoms with Crippen molar-refractivity contribution in [1.82, 2.24) is 14.8 Å². The molecule has 0 aliphatic carbocycles. The molecule has 2 aromatic heterocycles. The topological polar surface area (TPSA) is 88.8 Å². The number of esters is 1. The zero-order chi connectivity index (χ0) is 21.8. The number of hydrogen-bond acceptors (Lipinski definition) is 7. The van der Waals surface area contributed by atoms with Gasteiger partial charge in [0.15, 0.2) is 0 Å². The molecule has 166 valence electrons. The zero-order valence-electron chi connectivity index (χ0n) is 18.2. The summed E-state index contributed by atoms with van der Waals surface area (Å²) in [4.78, 5) is 35.5. The molecule has 1 spiro atoms. The van der Waals surface area contributed by atoms with Crippen LogP contribution in [0.3, 0.4) is 0 Å². The number of anilines is 1. The average Bonchev–Trinajstić information content (AvgIpc) is 3.19. The Morgan fingerprint density at radius 3 is 2.77 bits per heavy atom. The molecule has 5 rings (SSSR count). The molecule has 0 bridgehead atoms. The number of nitrogens with two attached hydrogens (primary N) is 1. The third-order valence-corrected chi connectivity index (χ3v) is 8.09. The standard InChI is InChI=1S/C23H30N4O3S/c1-22(2)13-23(21(29)30-22)8-4-10-27(14-23)15-6-11-26(12-7-15)20(28)17-16-5-3-9-25-19(16)31-18(17)24/h3,5,9,15H,4,6-8,10-14,24H2,1-2H3. The van der Waals surface area contributed by atoms with Crippen LogP contribution in [-0.2, 0) is 9.53 Å². The van der Waals surface area contributed by atoms with Crippen molar-refractivity contribution in [2.75, 3.05) is 31.9 Å². The van der Waals surface area contributed by atoms with Gasteiger partial charge in [-0.1, -0.05) is 11.3 Å². The van der Waals surface area contributed by atoms with E-state index in [1.54, 1.807) is 6.20 Å². The van der Waals surface area contributed by atoms with Crippen LogP contribution in [0.1, 0.15) is 56.3 Å². The van der Waals surface area contributed by atoms with Gasteiger partial charge in [0.2, 0.25) is 0 Å². The number of nitrogen functional groups attached to an aromatic ring is 1. The van der Waals surface area contributed by atoms with E-state index in [2.05, 4.69) is 9.88 Å². The number of nitrogens with zero attached hydrogens (tertiary/aromatic N) is 3. The molecule has 3 aliphatic heterocycles. The number of cyclic esters (lactones) is 1. The molecule has 0 saturated carbocycles. The van der Waals surface area contributed by atoms with Crippen molar-refractivity contribution in [1.29, 1.82) is 0 Å². The highest BCUT2D eigenvalue weighted by Gasteiger charge is 2.54. The summed E-state index contributed by atoms with van der Waals surface area (Å²) in [6.45, 7) is 7.24. The lowest BCUT2D eigenvalue weighted by Crippen LogP contribution is -2.53. The van der Waals surface area contributed by atoms with Gasteiger partial charge in [0.25, 0.3) is 5.91 Å². The van der Waals surface area contributed by atoms with Crippen molar-refractivity contribution < 1.29 is 14.3 Å². The summed E-state index contributed by atoms with van der Waals surface area (Å²) < 4.78 is 5.68. The number of likely N-dealkylation sites (tertiary alicyclic amines) is 2. The van der Waals surface area contributed by atoms with E-state index in [1.807, 2.05) is 30.9 Å². The van der Waals surface area contributed by atoms with Crippen LogP contribution >= 0.6 is 11.3 Å². The summed E-state index contributed by atoms with van der Waals surface area (Å²) in [5.41, 5.74) is 6.06. The van der Waals surface area contributed by atoms with Crippen molar-refractivity contribution in [3.63, 3.8) is 0 Å². The minimum atomic E-state index is -0.367. The Balaban J connectivity index is 1.26. The van der Waals surface area contributed by atoms with Crippen molar-refractivity contribution in [3.05, 3.63) is 23.9 Å². The molecule has 2 N–H and O–H groups in total. The first-order chi connectivity index (χ1) is 14.8. The molecule has 3 aliphatic rings. The van der Waals surface area contributed by atoms with Gasteiger partial charge in [-0.3, -0.25) is 14.5 Å². The number of thiophene rings is 1. The second-order valence-electron chi connectivity index (χ2n) is 9.90. The lowest BCUT2D eigenvalue weighted by molar-refractivity contribution is -0.154. The number of carbonyl (C=O) groups is 2. The number of carbonyl (C=O) groups excluding carboxylic acids is 2. The molecule has 31 heavy (non-hydrogen) atoms. The van der Waals surface area contributed by atoms with E-state index in [9.17, 15) is 9.59 Å². The second kappa shape index (κ2) is 7.45. The van der Waals surface area contributed by atoms with Gasteiger partial charge in [0.1, 0.15) is 15.4 Å². The molecular weight excluding hydrogens is 412 g/mol. The number of piperidine rings is 2. The van der Waals surface area contributed by atoms with E-state index in [4.69, 9.17) is 10.5 Å². The van der Waals surface area contributed by atoms with E-state index in [0.29, 0.717) is 29.7 Å². The minimum absolute atomic E-state index is 0.00596. The third-order valence-electron chi connectivity index (χ3n) is 7.15. The number of fused-ring (bicyclic) bond motifs is 1. The summed E-state index contributed by atoms with van der Waals surface area (Å²) in [6.07, 6.45) is 6.30. The molecule has 8 heteroatoms. The highest BCUT2D eigenvalue weighted by atomic mass is 32.1. The summed E-state index contributed by atoms with van der Waals surface area (Å²) in [6, 6.07) is 4.17. The molecule has 1 amide bonds. The highest BCUT2D eigenvalue weighted by molar-refractivity contribution is 7.22. The third kappa shape index (κ3) is 3.59. The van der Waals surface area contributed by atoms with Crippen molar-refractivity contribution in [2.45, 2.75) is 57.6 Å². The lowest BCUT2D eigenvalue weighted by Gasteiger charge is -2.44. The molecule has 7 nitrogen and oxygen atoms in total. The van der Waals surface area contributed by atoms with E-state index in [-0.39, 0.29) is 22.9 Å². The van der Waals surface area contributed by atoms with Crippen LogP contribution in [-0.4, -0.2) is 64.5 Å². The Hall–Kier alpha value is -2.19. The maximum absolute atomic E-state index is 13.2. The quantitative estimate of drug-likeness (QED) is 0.718. The van der Waals surface area contributed by atoms with E-state index < -0.39 is 0 Å². The van der Waals surface area contributed by atoms with Crippen LogP contribution in [0.15, 0.2) is 18.3 Å². The molecular formula is C23H30N4O3S.